The molecular formula is C14H23N3O3S. The van der Waals surface area contributed by atoms with Crippen molar-refractivity contribution in [2.45, 2.75) is 31.2 Å². The summed E-state index contributed by atoms with van der Waals surface area (Å²) in [6, 6.07) is 5.90. The Hall–Kier alpha value is -1.44. The number of rotatable bonds is 7. The second kappa shape index (κ2) is 7.53. The number of hydrogen-bond donors (Lipinski definition) is 2. The quantitative estimate of drug-likeness (QED) is 0.794. The molecule has 0 heterocycles. The van der Waals surface area contributed by atoms with Crippen molar-refractivity contribution in [2.75, 3.05) is 26.0 Å². The number of benzene rings is 1. The minimum Gasteiger partial charge on any atom is -0.325 e. The normalized spacial score (nSPS) is 13.2. The predicted molar refractivity (Wildman–Crippen MR) is 83.7 cm³/mol. The lowest BCUT2D eigenvalue weighted by Crippen LogP contribution is -2.38. The molecule has 0 saturated heterocycles. The van der Waals surface area contributed by atoms with E-state index >= 15 is 0 Å². The zero-order chi connectivity index (χ0) is 16.0. The largest absolute Gasteiger partial charge is 0.325 e. The molecule has 1 unspecified atom stereocenters. The van der Waals surface area contributed by atoms with Crippen molar-refractivity contribution >= 4 is 21.6 Å². The smallest absolute Gasteiger partial charge is 0.242 e. The molecule has 21 heavy (non-hydrogen) atoms. The number of nitrogens with one attached hydrogen (secondary N) is 2. The van der Waals surface area contributed by atoms with Gasteiger partial charge in [0.05, 0.1) is 10.9 Å². The monoisotopic (exact) mass is 313 g/mol. The molecule has 2 N–H and O–H groups in total. The van der Waals surface area contributed by atoms with Crippen molar-refractivity contribution < 1.29 is 13.2 Å². The average molecular weight is 313 g/mol. The molecule has 0 bridgehead atoms. The minimum absolute atomic E-state index is 0.152. The molecular weight excluding hydrogens is 290 g/mol. The van der Waals surface area contributed by atoms with Gasteiger partial charge in [0.1, 0.15) is 0 Å². The molecule has 118 valence electrons. The molecule has 0 aliphatic carbocycles. The molecule has 1 aromatic carbocycles. The Morgan fingerprint density at radius 3 is 2.57 bits per heavy atom. The van der Waals surface area contributed by atoms with E-state index in [-0.39, 0.29) is 16.8 Å². The van der Waals surface area contributed by atoms with Crippen molar-refractivity contribution in [2.24, 2.45) is 0 Å². The van der Waals surface area contributed by atoms with Crippen LogP contribution in [0.5, 0.6) is 0 Å². The first kappa shape index (κ1) is 17.6. The first-order chi connectivity index (χ1) is 9.78. The third kappa shape index (κ3) is 4.80. The van der Waals surface area contributed by atoms with Crippen LogP contribution in [0.2, 0.25) is 0 Å². The lowest BCUT2D eigenvalue weighted by atomic mass is 10.2. The highest BCUT2D eigenvalue weighted by Crippen LogP contribution is 2.18. The fourth-order valence-electron chi connectivity index (χ4n) is 1.65. The van der Waals surface area contributed by atoms with Crippen molar-refractivity contribution in [1.29, 1.82) is 0 Å². The summed E-state index contributed by atoms with van der Waals surface area (Å²) in [6.07, 6.45) is 0.939. The van der Waals surface area contributed by atoms with Crippen LogP contribution in [0.25, 0.3) is 0 Å². The van der Waals surface area contributed by atoms with Gasteiger partial charge >= 0.3 is 0 Å². The maximum atomic E-state index is 12.0. The third-order valence-electron chi connectivity index (χ3n) is 2.97. The topological polar surface area (TPSA) is 78.5 Å². The van der Waals surface area contributed by atoms with Crippen LogP contribution in [0.1, 0.15) is 20.3 Å². The Bertz CT molecular complexity index is 585. The lowest BCUT2D eigenvalue weighted by molar-refractivity contribution is -0.117. The first-order valence-electron chi connectivity index (χ1n) is 6.86. The van der Waals surface area contributed by atoms with Crippen LogP contribution in [0.15, 0.2) is 29.2 Å². The molecule has 7 heteroatoms. The predicted octanol–water partition coefficient (Wildman–Crippen LogP) is 1.26. The van der Waals surface area contributed by atoms with Crippen LogP contribution in [0, 0.1) is 0 Å². The van der Waals surface area contributed by atoms with Crippen LogP contribution in [-0.4, -0.2) is 45.3 Å². The van der Waals surface area contributed by atoms with E-state index in [4.69, 9.17) is 0 Å². The highest BCUT2D eigenvalue weighted by atomic mass is 32.2. The number of amides is 1. The van der Waals surface area contributed by atoms with E-state index in [1.807, 2.05) is 6.92 Å². The van der Waals surface area contributed by atoms with E-state index < -0.39 is 10.0 Å². The van der Waals surface area contributed by atoms with Gasteiger partial charge in [-0.1, -0.05) is 13.0 Å². The van der Waals surface area contributed by atoms with Gasteiger partial charge in [0.15, 0.2) is 0 Å². The van der Waals surface area contributed by atoms with Gasteiger partial charge in [0.2, 0.25) is 15.9 Å². The summed E-state index contributed by atoms with van der Waals surface area (Å²) in [4.78, 5) is 12.1. The van der Waals surface area contributed by atoms with Gasteiger partial charge in [-0.3, -0.25) is 4.79 Å². The molecule has 0 spiro atoms. The summed E-state index contributed by atoms with van der Waals surface area (Å²) in [6.45, 7) is 4.54. The minimum atomic E-state index is -3.50. The number of nitrogens with zero attached hydrogens (tertiary/aromatic N) is 1. The molecule has 1 rings (SSSR count). The van der Waals surface area contributed by atoms with Crippen molar-refractivity contribution in [1.82, 2.24) is 9.62 Å². The second-order valence-electron chi connectivity index (χ2n) is 4.98. The maximum absolute atomic E-state index is 12.0. The molecule has 0 radical (unpaired) electrons. The molecule has 0 aliphatic heterocycles. The van der Waals surface area contributed by atoms with Gasteiger partial charge in [-0.05, 0) is 38.1 Å². The molecule has 0 fully saturated rings. The first-order valence-corrected chi connectivity index (χ1v) is 8.30. The van der Waals surface area contributed by atoms with Crippen LogP contribution in [0.4, 0.5) is 5.69 Å². The summed E-state index contributed by atoms with van der Waals surface area (Å²) >= 11 is 0. The summed E-state index contributed by atoms with van der Waals surface area (Å²) in [5, 5.41) is 5.79. The number of carbonyl (C=O) groups excluding carboxylic acids is 1. The van der Waals surface area contributed by atoms with E-state index in [1.165, 1.54) is 26.2 Å². The van der Waals surface area contributed by atoms with Crippen molar-refractivity contribution in [3.8, 4) is 0 Å². The van der Waals surface area contributed by atoms with Crippen molar-refractivity contribution in [3.05, 3.63) is 24.3 Å². The third-order valence-corrected chi connectivity index (χ3v) is 4.79. The second-order valence-corrected chi connectivity index (χ2v) is 7.13. The van der Waals surface area contributed by atoms with Crippen LogP contribution >= 0.6 is 0 Å². The Labute approximate surface area is 126 Å². The number of anilines is 1. The van der Waals surface area contributed by atoms with Gasteiger partial charge in [-0.25, -0.2) is 12.7 Å². The van der Waals surface area contributed by atoms with Crippen LogP contribution in [-0.2, 0) is 14.8 Å². The molecule has 1 atom stereocenters. The molecule has 0 aliphatic rings. The average Bonchev–Trinajstić information content (AvgIpc) is 2.44. The van der Waals surface area contributed by atoms with Gasteiger partial charge in [-0.15, -0.1) is 0 Å². The summed E-state index contributed by atoms with van der Waals surface area (Å²) in [5.41, 5.74) is 0.466. The van der Waals surface area contributed by atoms with Gasteiger partial charge in [0, 0.05) is 19.8 Å². The number of hydrogen-bond acceptors (Lipinski definition) is 4. The molecule has 6 nitrogen and oxygen atoms in total. The maximum Gasteiger partial charge on any atom is 0.242 e. The Kier molecular flexibility index (Phi) is 6.32. The SMILES string of the molecule is CCCNC(C)C(=O)Nc1cccc(S(=O)(=O)N(C)C)c1. The number of carbonyl (C=O) groups is 1. The van der Waals surface area contributed by atoms with Crippen molar-refractivity contribution in [3.63, 3.8) is 0 Å². The molecule has 1 amide bonds. The van der Waals surface area contributed by atoms with Crippen LogP contribution in [0.3, 0.4) is 0 Å². The standard InChI is InChI=1S/C14H23N3O3S/c1-5-9-15-11(2)14(18)16-12-7-6-8-13(10-12)21(19,20)17(3)4/h6-8,10-11,15H,5,9H2,1-4H3,(H,16,18). The lowest BCUT2D eigenvalue weighted by Gasteiger charge is -2.15. The van der Waals surface area contributed by atoms with Crippen LogP contribution < -0.4 is 10.6 Å². The zero-order valence-electron chi connectivity index (χ0n) is 12.9. The van der Waals surface area contributed by atoms with Gasteiger partial charge < -0.3 is 10.6 Å². The summed E-state index contributed by atoms with van der Waals surface area (Å²) in [5.74, 6) is -0.192. The Morgan fingerprint density at radius 1 is 1.33 bits per heavy atom. The number of sulfonamides is 1. The Balaban J connectivity index is 2.85. The molecule has 1 aromatic rings. The van der Waals surface area contributed by atoms with E-state index in [1.54, 1.807) is 19.1 Å². The highest BCUT2D eigenvalue weighted by molar-refractivity contribution is 7.89. The van der Waals surface area contributed by atoms with Gasteiger partial charge in [0.25, 0.3) is 0 Å². The Morgan fingerprint density at radius 2 is 2.00 bits per heavy atom. The summed E-state index contributed by atoms with van der Waals surface area (Å²) in [7, 11) is -0.564. The molecule has 0 saturated carbocycles. The van der Waals surface area contributed by atoms with Gasteiger partial charge in [-0.2, -0.15) is 0 Å². The fraction of sp³-hybridized carbons (Fsp3) is 0.500. The summed E-state index contributed by atoms with van der Waals surface area (Å²) < 4.78 is 25.2. The highest BCUT2D eigenvalue weighted by Gasteiger charge is 2.18. The van der Waals surface area contributed by atoms with E-state index in [2.05, 4.69) is 10.6 Å². The van der Waals surface area contributed by atoms with E-state index in [0.29, 0.717) is 5.69 Å². The van der Waals surface area contributed by atoms with E-state index in [9.17, 15) is 13.2 Å². The molecule has 0 aromatic heterocycles. The fourth-order valence-corrected chi connectivity index (χ4v) is 2.60. The zero-order valence-corrected chi connectivity index (χ0v) is 13.7. The van der Waals surface area contributed by atoms with E-state index in [0.717, 1.165) is 17.3 Å².